The van der Waals surface area contributed by atoms with Crippen LogP contribution in [0.1, 0.15) is 10.9 Å². The summed E-state index contributed by atoms with van der Waals surface area (Å²) in [6.45, 7) is -0.610. The highest BCUT2D eigenvalue weighted by molar-refractivity contribution is 7.84. The van der Waals surface area contributed by atoms with Gasteiger partial charge in [0.1, 0.15) is 6.04 Å². The first-order valence-electron chi connectivity index (χ1n) is 6.37. The minimum Gasteiger partial charge on any atom is -0.352 e. The number of ether oxygens (including phenoxy) is 1. The average molecular weight is 378 g/mol. The van der Waals surface area contributed by atoms with Crippen molar-refractivity contribution in [3.05, 3.63) is 22.4 Å². The van der Waals surface area contributed by atoms with Crippen LogP contribution < -0.4 is 16.4 Å². The molecule has 4 amide bonds. The third-order valence-electron chi connectivity index (χ3n) is 3.27. The van der Waals surface area contributed by atoms with E-state index < -0.39 is 46.5 Å². The molecule has 0 saturated carbocycles. The molecule has 0 radical (unpaired) electrons. The van der Waals surface area contributed by atoms with E-state index in [2.05, 4.69) is 10.6 Å². The van der Waals surface area contributed by atoms with Gasteiger partial charge >= 0.3 is 16.3 Å². The van der Waals surface area contributed by atoms with Gasteiger partial charge in [0.15, 0.2) is 0 Å². The summed E-state index contributed by atoms with van der Waals surface area (Å²) in [5.74, 6) is -1.99. The summed E-state index contributed by atoms with van der Waals surface area (Å²) in [6, 6.07) is 1.05. The van der Waals surface area contributed by atoms with Gasteiger partial charge < -0.3 is 21.1 Å². The first kappa shape index (κ1) is 18.1. The van der Waals surface area contributed by atoms with Crippen LogP contribution in [0.15, 0.2) is 17.5 Å². The van der Waals surface area contributed by atoms with Gasteiger partial charge in [-0.3, -0.25) is 14.1 Å². The number of rotatable bonds is 6. The lowest BCUT2D eigenvalue weighted by Gasteiger charge is -2.45. The Morgan fingerprint density at radius 1 is 1.54 bits per heavy atom. The number of carbonyl (C=O) groups is 3. The topological polar surface area (TPSA) is 168 Å². The van der Waals surface area contributed by atoms with E-state index in [4.69, 9.17) is 15.0 Å². The summed E-state index contributed by atoms with van der Waals surface area (Å²) < 4.78 is 35.9. The molecule has 132 valence electrons. The monoisotopic (exact) mass is 378 g/mol. The molecule has 24 heavy (non-hydrogen) atoms. The minimum atomic E-state index is -4.75. The zero-order chi connectivity index (χ0) is 18.1. The van der Waals surface area contributed by atoms with E-state index in [-0.39, 0.29) is 4.31 Å². The molecule has 1 unspecified atom stereocenters. The second kappa shape index (κ2) is 6.35. The van der Waals surface area contributed by atoms with Crippen LogP contribution in [-0.4, -0.2) is 54.5 Å². The van der Waals surface area contributed by atoms with Crippen molar-refractivity contribution >= 4 is 39.5 Å². The number of β-lactam (4-membered cyclic amide) rings is 1. The van der Waals surface area contributed by atoms with Crippen molar-refractivity contribution in [1.29, 1.82) is 0 Å². The normalized spacial score (nSPS) is 21.8. The zero-order valence-electron chi connectivity index (χ0n) is 12.3. The maximum absolute atomic E-state index is 12.4. The van der Waals surface area contributed by atoms with Gasteiger partial charge in [-0.2, -0.15) is 8.42 Å². The van der Waals surface area contributed by atoms with Gasteiger partial charge in [0.2, 0.25) is 5.72 Å². The van der Waals surface area contributed by atoms with Crippen molar-refractivity contribution in [2.24, 2.45) is 5.73 Å². The fourth-order valence-corrected chi connectivity index (χ4v) is 3.54. The number of thiophene rings is 1. The first-order chi connectivity index (χ1) is 11.1. The Kier molecular flexibility index (Phi) is 4.80. The van der Waals surface area contributed by atoms with Crippen LogP contribution in [0, 0.1) is 0 Å². The smallest absolute Gasteiger partial charge is 0.352 e. The highest BCUT2D eigenvalue weighted by Crippen LogP contribution is 2.28. The number of amides is 4. The summed E-state index contributed by atoms with van der Waals surface area (Å²) >= 11 is 1.16. The van der Waals surface area contributed by atoms with Gasteiger partial charge in [0.05, 0.1) is 6.54 Å². The summed E-state index contributed by atoms with van der Waals surface area (Å²) in [5, 5.41) is 6.12. The molecule has 5 N–H and O–H groups in total. The standard InChI is InChI=1S/C11H14N4O7S2/c1-22-11(5-15(9(11)17)24(19,20)21)14-8(16)7(13-10(12)18)6-3-2-4-23-6/h2-4,7H,5H2,1H3,(H,14,16)(H3,12,13,18)(H,19,20,21)/t7-,11?/m1/s1. The maximum atomic E-state index is 12.4. The van der Waals surface area contributed by atoms with E-state index in [0.29, 0.717) is 4.88 Å². The summed E-state index contributed by atoms with van der Waals surface area (Å²) in [4.78, 5) is 35.9. The van der Waals surface area contributed by atoms with Crippen molar-refractivity contribution in [3.63, 3.8) is 0 Å². The predicted molar refractivity (Wildman–Crippen MR) is 80.9 cm³/mol. The van der Waals surface area contributed by atoms with Crippen LogP contribution in [0.2, 0.25) is 0 Å². The van der Waals surface area contributed by atoms with Crippen LogP contribution >= 0.6 is 11.3 Å². The molecule has 2 atom stereocenters. The lowest BCUT2D eigenvalue weighted by Crippen LogP contribution is -2.76. The quantitative estimate of drug-likeness (QED) is 0.267. The Morgan fingerprint density at radius 3 is 2.62 bits per heavy atom. The molecule has 1 aromatic rings. The lowest BCUT2D eigenvalue weighted by atomic mass is 10.1. The molecule has 0 spiro atoms. The highest BCUT2D eigenvalue weighted by atomic mass is 32.2. The van der Waals surface area contributed by atoms with Gasteiger partial charge in [-0.05, 0) is 11.4 Å². The van der Waals surface area contributed by atoms with Gasteiger partial charge in [-0.15, -0.1) is 11.3 Å². The van der Waals surface area contributed by atoms with Crippen LogP contribution in [-0.2, 0) is 24.6 Å². The van der Waals surface area contributed by atoms with Crippen LogP contribution in [0.3, 0.4) is 0 Å². The van der Waals surface area contributed by atoms with Crippen LogP contribution in [0.5, 0.6) is 0 Å². The number of urea groups is 1. The molecule has 1 aromatic heterocycles. The van der Waals surface area contributed by atoms with Crippen molar-refractivity contribution in [3.8, 4) is 0 Å². The largest absolute Gasteiger partial charge is 0.362 e. The highest BCUT2D eigenvalue weighted by Gasteiger charge is 2.59. The molecular weight excluding hydrogens is 364 g/mol. The molecule has 0 bridgehead atoms. The van der Waals surface area contributed by atoms with E-state index in [1.54, 1.807) is 17.5 Å². The van der Waals surface area contributed by atoms with E-state index in [1.807, 2.05) is 0 Å². The van der Waals surface area contributed by atoms with Gasteiger partial charge in [0.25, 0.3) is 11.8 Å². The number of nitrogens with zero attached hydrogens (tertiary/aromatic N) is 1. The molecule has 2 rings (SSSR count). The molecule has 1 fully saturated rings. The van der Waals surface area contributed by atoms with Crippen molar-refractivity contribution in [2.45, 2.75) is 11.8 Å². The molecule has 2 heterocycles. The second-order valence-corrected chi connectivity index (χ2v) is 7.08. The van der Waals surface area contributed by atoms with E-state index in [9.17, 15) is 22.8 Å². The van der Waals surface area contributed by atoms with Gasteiger partial charge in [0, 0.05) is 12.0 Å². The molecule has 1 aliphatic heterocycles. The summed E-state index contributed by atoms with van der Waals surface area (Å²) in [7, 11) is -3.67. The predicted octanol–water partition coefficient (Wildman–Crippen LogP) is -1.44. The molecule has 11 nitrogen and oxygen atoms in total. The third kappa shape index (κ3) is 3.33. The number of hydrogen-bond donors (Lipinski definition) is 4. The Bertz CT molecular complexity index is 763. The third-order valence-corrected chi connectivity index (χ3v) is 5.06. The number of nitrogens with two attached hydrogens (primary N) is 1. The molecule has 13 heteroatoms. The van der Waals surface area contributed by atoms with Crippen LogP contribution in [0.4, 0.5) is 4.79 Å². The van der Waals surface area contributed by atoms with Crippen LogP contribution in [0.25, 0.3) is 0 Å². The number of nitrogens with one attached hydrogen (secondary N) is 2. The number of primary amides is 1. The van der Waals surface area contributed by atoms with Crippen molar-refractivity contribution < 1.29 is 32.1 Å². The van der Waals surface area contributed by atoms with E-state index in [0.717, 1.165) is 18.4 Å². The van der Waals surface area contributed by atoms with Crippen molar-refractivity contribution in [2.75, 3.05) is 13.7 Å². The molecule has 0 aliphatic carbocycles. The first-order valence-corrected chi connectivity index (χ1v) is 8.64. The van der Waals surface area contributed by atoms with Gasteiger partial charge in [-0.25, -0.2) is 9.10 Å². The molecule has 0 aromatic carbocycles. The Morgan fingerprint density at radius 2 is 2.21 bits per heavy atom. The Labute approximate surface area is 140 Å². The van der Waals surface area contributed by atoms with E-state index >= 15 is 0 Å². The minimum absolute atomic E-state index is 0.137. The Balaban J connectivity index is 2.20. The fourth-order valence-electron chi connectivity index (χ4n) is 2.07. The van der Waals surface area contributed by atoms with Gasteiger partial charge in [-0.1, -0.05) is 6.07 Å². The summed E-state index contributed by atoms with van der Waals surface area (Å²) in [6.07, 6.45) is 0. The maximum Gasteiger partial charge on any atom is 0.362 e. The Hall–Kier alpha value is -2.22. The fraction of sp³-hybridized carbons (Fsp3) is 0.364. The SMILES string of the molecule is COC1(NC(=O)[C@H](NC(N)=O)c2cccs2)CN(S(=O)(=O)O)C1=O. The summed E-state index contributed by atoms with van der Waals surface area (Å²) in [5.41, 5.74) is 3.09. The molecule has 1 aliphatic rings. The number of carbonyl (C=O) groups excluding carboxylic acids is 3. The molecule has 1 saturated heterocycles. The number of methoxy groups -OCH3 is 1. The number of hydrogen-bond acceptors (Lipinski definition) is 7. The van der Waals surface area contributed by atoms with Crippen molar-refractivity contribution in [1.82, 2.24) is 14.9 Å². The lowest BCUT2D eigenvalue weighted by molar-refractivity contribution is -0.180. The van der Waals surface area contributed by atoms with E-state index in [1.165, 1.54) is 0 Å². The second-order valence-electron chi connectivity index (χ2n) is 4.77. The molecular formula is C11H14N4O7S2. The average Bonchev–Trinajstić information content (AvgIpc) is 3.00. The zero-order valence-corrected chi connectivity index (χ0v) is 13.9.